The molecule has 8 nitrogen and oxygen atoms in total. The van der Waals surface area contributed by atoms with Crippen LogP contribution in [0, 0.1) is 10.1 Å². The van der Waals surface area contributed by atoms with Gasteiger partial charge in [0, 0.05) is 24.5 Å². The van der Waals surface area contributed by atoms with Gasteiger partial charge in [-0.2, -0.15) is 5.10 Å². The lowest BCUT2D eigenvalue weighted by molar-refractivity contribution is -0.384. The van der Waals surface area contributed by atoms with Crippen molar-refractivity contribution in [1.82, 2.24) is 19.7 Å². The van der Waals surface area contributed by atoms with E-state index >= 15 is 0 Å². The molecular weight excluding hydrogens is 250 g/mol. The molecule has 0 aliphatic heterocycles. The minimum absolute atomic E-state index is 0.147. The number of aromatic nitrogens is 4. The molecule has 0 saturated heterocycles. The molecule has 0 bridgehead atoms. The highest BCUT2D eigenvalue weighted by Crippen LogP contribution is 2.16. The van der Waals surface area contributed by atoms with Crippen LogP contribution in [-0.4, -0.2) is 24.7 Å². The van der Waals surface area contributed by atoms with Crippen molar-refractivity contribution in [3.05, 3.63) is 57.1 Å². The van der Waals surface area contributed by atoms with E-state index in [0.717, 1.165) is 0 Å². The zero-order valence-electron chi connectivity index (χ0n) is 9.48. The van der Waals surface area contributed by atoms with E-state index in [1.54, 1.807) is 18.5 Å². The molecule has 0 aliphatic carbocycles. The first-order chi connectivity index (χ1) is 9.15. The Morgan fingerprint density at radius 3 is 2.89 bits per heavy atom. The van der Waals surface area contributed by atoms with Crippen LogP contribution in [0.2, 0.25) is 0 Å². The van der Waals surface area contributed by atoms with Gasteiger partial charge in [0.25, 0.3) is 11.2 Å². The van der Waals surface area contributed by atoms with Gasteiger partial charge in [-0.15, -0.1) is 0 Å². The number of non-ortho nitro benzene ring substituents is 1. The SMILES string of the molecule is O=c1[nH]c(-n2cccn2)nc2ccc([N+](=O)[O-])cc12. The Hall–Kier alpha value is -3.03. The second-order valence-corrected chi connectivity index (χ2v) is 3.80. The Morgan fingerprint density at radius 1 is 1.37 bits per heavy atom. The number of nitrogens with one attached hydrogen (secondary N) is 1. The van der Waals surface area contributed by atoms with Crippen LogP contribution in [0.5, 0.6) is 0 Å². The minimum atomic E-state index is -0.555. The molecule has 0 radical (unpaired) electrons. The lowest BCUT2D eigenvalue weighted by Crippen LogP contribution is -2.13. The largest absolute Gasteiger partial charge is 0.290 e. The van der Waals surface area contributed by atoms with E-state index in [-0.39, 0.29) is 17.0 Å². The van der Waals surface area contributed by atoms with Crippen LogP contribution < -0.4 is 5.56 Å². The summed E-state index contributed by atoms with van der Waals surface area (Å²) in [6, 6.07) is 5.64. The molecule has 0 saturated carbocycles. The van der Waals surface area contributed by atoms with Gasteiger partial charge in [-0.25, -0.2) is 9.67 Å². The number of rotatable bonds is 2. The molecule has 8 heteroatoms. The highest BCUT2D eigenvalue weighted by atomic mass is 16.6. The number of benzene rings is 1. The quantitative estimate of drug-likeness (QED) is 0.544. The number of fused-ring (bicyclic) bond motifs is 1. The second kappa shape index (κ2) is 4.02. The summed E-state index contributed by atoms with van der Waals surface area (Å²) in [7, 11) is 0. The minimum Gasteiger partial charge on any atom is -0.290 e. The molecule has 2 aromatic heterocycles. The van der Waals surface area contributed by atoms with E-state index in [9.17, 15) is 14.9 Å². The van der Waals surface area contributed by atoms with Crippen LogP contribution in [0.1, 0.15) is 0 Å². The number of nitrogens with zero attached hydrogens (tertiary/aromatic N) is 4. The molecule has 2 heterocycles. The lowest BCUT2D eigenvalue weighted by atomic mass is 10.2. The normalized spacial score (nSPS) is 10.7. The van der Waals surface area contributed by atoms with Gasteiger partial charge in [-0.1, -0.05) is 0 Å². The van der Waals surface area contributed by atoms with Crippen LogP contribution in [-0.2, 0) is 0 Å². The first kappa shape index (κ1) is 11.1. The maximum Gasteiger partial charge on any atom is 0.270 e. The van der Waals surface area contributed by atoms with Crippen molar-refractivity contribution < 1.29 is 4.92 Å². The molecule has 3 aromatic rings. The molecule has 0 amide bonds. The summed E-state index contributed by atoms with van der Waals surface area (Å²) in [6.07, 6.45) is 3.19. The van der Waals surface area contributed by atoms with Crippen LogP contribution in [0.15, 0.2) is 41.5 Å². The summed E-state index contributed by atoms with van der Waals surface area (Å²) >= 11 is 0. The number of hydrogen-bond acceptors (Lipinski definition) is 5. The zero-order valence-corrected chi connectivity index (χ0v) is 9.48. The predicted octanol–water partition coefficient (Wildman–Crippen LogP) is 1.02. The van der Waals surface area contributed by atoms with E-state index in [1.807, 2.05) is 0 Å². The van der Waals surface area contributed by atoms with Crippen molar-refractivity contribution in [3.63, 3.8) is 0 Å². The molecule has 1 N–H and O–H groups in total. The molecule has 19 heavy (non-hydrogen) atoms. The number of aromatic amines is 1. The van der Waals surface area contributed by atoms with E-state index in [4.69, 9.17) is 0 Å². The molecule has 0 unspecified atom stereocenters. The molecule has 0 fully saturated rings. The topological polar surface area (TPSA) is 107 Å². The Morgan fingerprint density at radius 2 is 2.21 bits per heavy atom. The Bertz CT molecular complexity index is 822. The van der Waals surface area contributed by atoms with E-state index in [0.29, 0.717) is 5.52 Å². The third-order valence-electron chi connectivity index (χ3n) is 2.61. The Labute approximate surface area is 105 Å². The highest BCUT2D eigenvalue weighted by molar-refractivity contribution is 5.80. The molecule has 0 aliphatic rings. The zero-order chi connectivity index (χ0) is 13.4. The Kier molecular flexibility index (Phi) is 2.34. The standard InChI is InChI=1S/C11H7N5O3/c17-10-8-6-7(16(18)19)2-3-9(8)13-11(14-10)15-5-1-4-12-15/h1-6H,(H,13,14,17). The second-order valence-electron chi connectivity index (χ2n) is 3.80. The molecule has 0 atom stereocenters. The number of nitro benzene ring substituents is 1. The van der Waals surface area contributed by atoms with Gasteiger partial charge in [-0.3, -0.25) is 19.9 Å². The van der Waals surface area contributed by atoms with Gasteiger partial charge >= 0.3 is 0 Å². The summed E-state index contributed by atoms with van der Waals surface area (Å²) in [4.78, 5) is 28.8. The predicted molar refractivity (Wildman–Crippen MR) is 66.1 cm³/mol. The van der Waals surface area contributed by atoms with Crippen LogP contribution >= 0.6 is 0 Å². The first-order valence-corrected chi connectivity index (χ1v) is 5.33. The van der Waals surface area contributed by atoms with Crippen molar-refractivity contribution in [2.75, 3.05) is 0 Å². The molecule has 1 aromatic carbocycles. The molecule has 3 rings (SSSR count). The van der Waals surface area contributed by atoms with Crippen LogP contribution in [0.3, 0.4) is 0 Å². The smallest absolute Gasteiger partial charge is 0.270 e. The van der Waals surface area contributed by atoms with Crippen molar-refractivity contribution >= 4 is 16.6 Å². The van der Waals surface area contributed by atoms with Gasteiger partial charge in [0.2, 0.25) is 5.95 Å². The summed E-state index contributed by atoms with van der Waals surface area (Å²) in [6.45, 7) is 0. The van der Waals surface area contributed by atoms with Gasteiger partial charge in [-0.05, 0) is 12.1 Å². The van der Waals surface area contributed by atoms with Crippen molar-refractivity contribution in [2.24, 2.45) is 0 Å². The average molecular weight is 257 g/mol. The maximum atomic E-state index is 11.9. The van der Waals surface area contributed by atoms with Crippen LogP contribution in [0.4, 0.5) is 5.69 Å². The van der Waals surface area contributed by atoms with Gasteiger partial charge in [0.05, 0.1) is 15.8 Å². The van der Waals surface area contributed by atoms with Gasteiger partial charge < -0.3 is 0 Å². The van der Waals surface area contributed by atoms with Crippen molar-refractivity contribution in [3.8, 4) is 5.95 Å². The fourth-order valence-corrected chi connectivity index (χ4v) is 1.73. The van der Waals surface area contributed by atoms with E-state index in [2.05, 4.69) is 15.1 Å². The van der Waals surface area contributed by atoms with Gasteiger partial charge in [0.1, 0.15) is 0 Å². The maximum absolute atomic E-state index is 11.9. The summed E-state index contributed by atoms with van der Waals surface area (Å²) in [5.74, 6) is 0.261. The summed E-state index contributed by atoms with van der Waals surface area (Å²) in [5, 5.41) is 14.8. The number of nitro groups is 1. The first-order valence-electron chi connectivity index (χ1n) is 5.33. The monoisotopic (exact) mass is 257 g/mol. The number of hydrogen-bond donors (Lipinski definition) is 1. The molecular formula is C11H7N5O3. The third-order valence-corrected chi connectivity index (χ3v) is 2.61. The van der Waals surface area contributed by atoms with Crippen molar-refractivity contribution in [1.29, 1.82) is 0 Å². The average Bonchev–Trinajstić information content (AvgIpc) is 2.92. The summed E-state index contributed by atoms with van der Waals surface area (Å²) in [5.41, 5.74) is -0.217. The van der Waals surface area contributed by atoms with Crippen molar-refractivity contribution in [2.45, 2.75) is 0 Å². The highest BCUT2D eigenvalue weighted by Gasteiger charge is 2.11. The fraction of sp³-hybridized carbons (Fsp3) is 0. The summed E-state index contributed by atoms with van der Waals surface area (Å²) < 4.78 is 1.41. The lowest BCUT2D eigenvalue weighted by Gasteiger charge is -2.02. The van der Waals surface area contributed by atoms with E-state index in [1.165, 1.54) is 22.9 Å². The van der Waals surface area contributed by atoms with Gasteiger partial charge in [0.15, 0.2) is 0 Å². The van der Waals surface area contributed by atoms with Crippen LogP contribution in [0.25, 0.3) is 16.9 Å². The Balaban J connectivity index is 2.26. The fourth-order valence-electron chi connectivity index (χ4n) is 1.73. The van der Waals surface area contributed by atoms with E-state index < -0.39 is 10.5 Å². The third kappa shape index (κ3) is 1.84. The molecule has 0 spiro atoms. The molecule has 94 valence electrons. The number of H-pyrrole nitrogens is 1.